The fourth-order valence-electron chi connectivity index (χ4n) is 7.65. The van der Waals surface area contributed by atoms with Crippen LogP contribution in [0.2, 0.25) is 0 Å². The van der Waals surface area contributed by atoms with Gasteiger partial charge in [0, 0.05) is 64.8 Å². The zero-order valence-electron chi connectivity index (χ0n) is 31.2. The monoisotopic (exact) mass is 772 g/mol. The molecule has 1 aliphatic rings. The van der Waals surface area contributed by atoms with Crippen LogP contribution >= 0.6 is 15.9 Å². The van der Waals surface area contributed by atoms with Crippen LogP contribution in [-0.4, -0.2) is 30.1 Å². The molecule has 0 amide bonds. The van der Waals surface area contributed by atoms with Gasteiger partial charge in [-0.15, -0.1) is 0 Å². The maximum atomic E-state index is 12.2. The molecular weight excluding hydrogens is 732 g/mol. The Hall–Kier alpha value is -5.66. The van der Waals surface area contributed by atoms with Gasteiger partial charge in [0.2, 0.25) is 0 Å². The van der Waals surface area contributed by atoms with Crippen LogP contribution in [-0.2, 0) is 11.8 Å². The number of aromatic amines is 2. The van der Waals surface area contributed by atoms with E-state index < -0.39 is 0 Å². The minimum Gasteiger partial charge on any atom is -0.507 e. The molecule has 12 bridgehead atoms. The van der Waals surface area contributed by atoms with Gasteiger partial charge in [-0.3, -0.25) is 0 Å². The number of allylic oxidation sites excluding steroid dienone is 1. The zero-order chi connectivity index (χ0) is 37.7. The lowest BCUT2D eigenvalue weighted by Crippen LogP contribution is -2.14. The Bertz CT molecular complexity index is 3010. The quantitative estimate of drug-likeness (QED) is 0.125. The number of halogens is 1. The van der Waals surface area contributed by atoms with Gasteiger partial charge in [0.1, 0.15) is 11.5 Å². The SMILES string of the molecule is CC(C)(C)C1=Cc2c(O)c(c3ccc4ccc5ccc(nc5c4n3)c3cc(C(C)(C)C)cc(c3O)c3ccc([nH]3)c(-c3ccc(Br)cc3)c3ccc2[nH]3)C1. The number of rotatable bonds is 1. The standard InChI is InChI=1S/C47H41BrN4O2/c1-46(2,3)28-21-31-35-17-19-39(49-35)41(25-9-13-30(48)14-10-25)40-20-18-36(50-40)32-22-29(47(4,5)6)24-34(45(32)54)38-16-12-27-8-7-26-11-15-37(33(23-28)44(31)53)51-42(26)43(27)52-38/h7-23,49-50,53-54H,24H2,1-6H3. The van der Waals surface area contributed by atoms with E-state index >= 15 is 0 Å². The molecule has 0 fully saturated rings. The molecule has 54 heavy (non-hydrogen) atoms. The Morgan fingerprint density at radius 2 is 1.15 bits per heavy atom. The van der Waals surface area contributed by atoms with E-state index in [2.05, 4.69) is 134 Å². The van der Waals surface area contributed by atoms with Gasteiger partial charge in [0.25, 0.3) is 0 Å². The smallest absolute Gasteiger partial charge is 0.134 e. The first-order valence-corrected chi connectivity index (χ1v) is 19.1. The molecule has 0 spiro atoms. The van der Waals surface area contributed by atoms with Gasteiger partial charge in [-0.1, -0.05) is 99.4 Å². The van der Waals surface area contributed by atoms with Crippen molar-refractivity contribution in [2.24, 2.45) is 5.41 Å². The Kier molecular flexibility index (Phi) is 7.70. The van der Waals surface area contributed by atoms with Gasteiger partial charge in [-0.25, -0.2) is 9.97 Å². The second-order valence-electron chi connectivity index (χ2n) is 16.6. The normalized spacial score (nSPS) is 13.3. The number of hydrogen-bond acceptors (Lipinski definition) is 4. The minimum atomic E-state index is -0.206. The lowest BCUT2D eigenvalue weighted by molar-refractivity contribution is 0.456. The van der Waals surface area contributed by atoms with E-state index in [0.717, 1.165) is 76.2 Å². The fraction of sp³-hybridized carbons (Fsp3) is 0.191. The van der Waals surface area contributed by atoms with Crippen molar-refractivity contribution in [2.45, 2.75) is 53.4 Å². The average Bonchev–Trinajstić information content (AvgIpc) is 3.82. The first-order chi connectivity index (χ1) is 25.7. The topological polar surface area (TPSA) is 97.8 Å². The summed E-state index contributed by atoms with van der Waals surface area (Å²) in [5, 5.41) is 27.6. The summed E-state index contributed by atoms with van der Waals surface area (Å²) in [4.78, 5) is 17.9. The lowest BCUT2D eigenvalue weighted by Gasteiger charge is -2.27. The average molecular weight is 774 g/mol. The molecule has 5 heterocycles. The Morgan fingerprint density at radius 1 is 0.593 bits per heavy atom. The van der Waals surface area contributed by atoms with Crippen molar-refractivity contribution in [1.82, 2.24) is 19.9 Å². The summed E-state index contributed by atoms with van der Waals surface area (Å²) in [5.74, 6) is 0.363. The molecule has 0 radical (unpaired) electrons. The number of H-pyrrole nitrogens is 2. The first kappa shape index (κ1) is 34.1. The van der Waals surface area contributed by atoms with Crippen molar-refractivity contribution in [2.75, 3.05) is 0 Å². The van der Waals surface area contributed by atoms with E-state index in [-0.39, 0.29) is 22.3 Å². The molecule has 1 aliphatic carbocycles. The van der Waals surface area contributed by atoms with Crippen LogP contribution in [0.5, 0.6) is 11.5 Å². The van der Waals surface area contributed by atoms with Crippen LogP contribution in [0, 0.1) is 5.41 Å². The van der Waals surface area contributed by atoms with Crippen LogP contribution in [0.3, 0.4) is 0 Å². The summed E-state index contributed by atoms with van der Waals surface area (Å²) in [7, 11) is 0. The highest BCUT2D eigenvalue weighted by atomic mass is 79.9. The van der Waals surface area contributed by atoms with E-state index in [4.69, 9.17) is 9.97 Å². The molecule has 3 aromatic carbocycles. The molecule has 7 heteroatoms. The van der Waals surface area contributed by atoms with E-state index in [1.54, 1.807) is 0 Å². The number of phenols is 1. The van der Waals surface area contributed by atoms with Crippen molar-refractivity contribution in [3.05, 3.63) is 124 Å². The highest BCUT2D eigenvalue weighted by molar-refractivity contribution is 9.10. The molecule has 5 aromatic heterocycles. The van der Waals surface area contributed by atoms with Crippen molar-refractivity contribution < 1.29 is 10.2 Å². The number of pyridine rings is 2. The molecule has 4 N–H and O–H groups in total. The molecule has 268 valence electrons. The van der Waals surface area contributed by atoms with Crippen molar-refractivity contribution >= 4 is 87.7 Å². The largest absolute Gasteiger partial charge is 0.507 e. The minimum absolute atomic E-state index is 0.154. The van der Waals surface area contributed by atoms with Crippen LogP contribution in [0.1, 0.15) is 58.2 Å². The van der Waals surface area contributed by atoms with E-state index in [0.29, 0.717) is 28.2 Å². The summed E-state index contributed by atoms with van der Waals surface area (Å²) >= 11 is 3.61. The summed E-state index contributed by atoms with van der Waals surface area (Å²) < 4.78 is 0.986. The van der Waals surface area contributed by atoms with Crippen molar-refractivity contribution in [3.63, 3.8) is 0 Å². The number of fused-ring (bicyclic) bond motifs is 14. The zero-order valence-corrected chi connectivity index (χ0v) is 32.8. The van der Waals surface area contributed by atoms with Crippen molar-refractivity contribution in [1.29, 1.82) is 0 Å². The van der Waals surface area contributed by atoms with Gasteiger partial charge in [-0.2, -0.15) is 0 Å². The van der Waals surface area contributed by atoms with Gasteiger partial charge in [0.05, 0.1) is 22.1 Å². The van der Waals surface area contributed by atoms with E-state index in [1.165, 1.54) is 5.57 Å². The maximum absolute atomic E-state index is 12.2. The third-order valence-corrected chi connectivity index (χ3v) is 11.4. The molecule has 0 aliphatic heterocycles. The molecular formula is C47H41BrN4O2. The summed E-state index contributed by atoms with van der Waals surface area (Å²) in [6.07, 6.45) is 2.70. The van der Waals surface area contributed by atoms with Crippen LogP contribution in [0.25, 0.3) is 82.9 Å². The Labute approximate surface area is 321 Å². The van der Waals surface area contributed by atoms with Crippen molar-refractivity contribution in [3.8, 4) is 22.6 Å². The van der Waals surface area contributed by atoms with Gasteiger partial charge < -0.3 is 20.2 Å². The van der Waals surface area contributed by atoms with Crippen LogP contribution in [0.4, 0.5) is 0 Å². The van der Waals surface area contributed by atoms with E-state index in [1.807, 2.05) is 36.4 Å². The molecule has 0 atom stereocenters. The second kappa shape index (κ2) is 12.2. The summed E-state index contributed by atoms with van der Waals surface area (Å²) in [6, 6.07) is 32.8. The number of nitrogens with one attached hydrogen (secondary N) is 2. The Balaban J connectivity index is 1.53. The molecule has 0 unspecified atom stereocenters. The fourth-order valence-corrected chi connectivity index (χ4v) is 7.92. The Morgan fingerprint density at radius 3 is 1.80 bits per heavy atom. The summed E-state index contributed by atoms with van der Waals surface area (Å²) in [6.45, 7) is 13.2. The maximum Gasteiger partial charge on any atom is 0.134 e. The number of hydrogen-bond donors (Lipinski definition) is 4. The number of nitrogens with zero attached hydrogens (tertiary/aromatic N) is 2. The second-order valence-corrected chi connectivity index (χ2v) is 17.5. The highest BCUT2D eigenvalue weighted by Gasteiger charge is 2.25. The molecule has 8 aromatic rings. The van der Waals surface area contributed by atoms with Gasteiger partial charge in [0.15, 0.2) is 0 Å². The molecule has 0 saturated heterocycles. The third-order valence-electron chi connectivity index (χ3n) is 10.9. The predicted molar refractivity (Wildman–Crippen MR) is 229 cm³/mol. The number of aromatic hydroxyl groups is 2. The number of benzene rings is 3. The molecule has 6 nitrogen and oxygen atoms in total. The van der Waals surface area contributed by atoms with Crippen LogP contribution in [0.15, 0.2) is 107 Å². The molecule has 9 rings (SSSR count). The molecule has 0 saturated carbocycles. The predicted octanol–water partition coefficient (Wildman–Crippen LogP) is 12.9. The van der Waals surface area contributed by atoms with Gasteiger partial charge in [-0.05, 0) is 95.1 Å². The first-order valence-electron chi connectivity index (χ1n) is 18.3. The van der Waals surface area contributed by atoms with Crippen LogP contribution < -0.4 is 0 Å². The van der Waals surface area contributed by atoms with E-state index in [9.17, 15) is 10.2 Å². The third kappa shape index (κ3) is 5.69. The summed E-state index contributed by atoms with van der Waals surface area (Å²) in [5.41, 5.74) is 11.6. The highest BCUT2D eigenvalue weighted by Crippen LogP contribution is 2.42. The number of aromatic nitrogens is 4. The number of phenolic OH excluding ortho intramolecular Hbond substituents is 1. The van der Waals surface area contributed by atoms with Gasteiger partial charge >= 0.3 is 0 Å². The lowest BCUT2D eigenvalue weighted by atomic mass is 9.79.